The molecule has 10 heteroatoms. The SMILES string of the molecule is CC[C@@H](C)NC(=O)c1cc(NS(=O)(=O)c2ccc(F)cc2)cnc1N1CCNCC1. The van der Waals surface area contributed by atoms with Gasteiger partial charge in [0, 0.05) is 32.2 Å². The molecule has 3 N–H and O–H groups in total. The van der Waals surface area contributed by atoms with Gasteiger partial charge in [-0.25, -0.2) is 17.8 Å². The van der Waals surface area contributed by atoms with Gasteiger partial charge < -0.3 is 15.5 Å². The molecule has 1 atom stereocenters. The summed E-state index contributed by atoms with van der Waals surface area (Å²) in [4.78, 5) is 19.2. The Balaban J connectivity index is 1.92. The van der Waals surface area contributed by atoms with Crippen LogP contribution >= 0.6 is 0 Å². The first-order chi connectivity index (χ1) is 14.3. The van der Waals surface area contributed by atoms with Gasteiger partial charge in [-0.1, -0.05) is 6.92 Å². The first-order valence-electron chi connectivity index (χ1n) is 9.85. The van der Waals surface area contributed by atoms with Gasteiger partial charge in [0.15, 0.2) is 0 Å². The van der Waals surface area contributed by atoms with Gasteiger partial charge in [-0.2, -0.15) is 0 Å². The Hall–Kier alpha value is -2.72. The van der Waals surface area contributed by atoms with Crippen LogP contribution in [0.2, 0.25) is 0 Å². The maximum absolute atomic E-state index is 13.1. The van der Waals surface area contributed by atoms with Crippen LogP contribution in [0.25, 0.3) is 0 Å². The van der Waals surface area contributed by atoms with Crippen molar-refractivity contribution >= 4 is 27.4 Å². The van der Waals surface area contributed by atoms with E-state index < -0.39 is 15.8 Å². The fourth-order valence-corrected chi connectivity index (χ4v) is 4.07. The molecule has 1 amide bonds. The molecular weight excluding hydrogens is 409 g/mol. The Morgan fingerprint density at radius 3 is 2.57 bits per heavy atom. The second kappa shape index (κ2) is 9.40. The van der Waals surface area contributed by atoms with Crippen LogP contribution in [0.3, 0.4) is 0 Å². The average molecular weight is 436 g/mol. The van der Waals surface area contributed by atoms with E-state index in [0.29, 0.717) is 24.5 Å². The standard InChI is InChI=1S/C20H26FN5O3S/c1-3-14(2)24-20(27)18-12-16(13-23-19(18)26-10-8-22-9-11-26)25-30(28,29)17-6-4-15(21)5-7-17/h4-7,12-14,22,25H,3,8-11H2,1-2H3,(H,24,27)/t14-/m1/s1. The number of carbonyl (C=O) groups is 1. The summed E-state index contributed by atoms with van der Waals surface area (Å²) in [6, 6.07) is 5.96. The Labute approximate surface area is 175 Å². The molecule has 0 bridgehead atoms. The van der Waals surface area contributed by atoms with Gasteiger partial charge in [0.05, 0.1) is 22.3 Å². The number of rotatable bonds is 7. The van der Waals surface area contributed by atoms with Gasteiger partial charge >= 0.3 is 0 Å². The molecule has 1 aliphatic rings. The molecule has 3 rings (SSSR count). The minimum atomic E-state index is -3.95. The number of pyridine rings is 1. The van der Waals surface area contributed by atoms with E-state index >= 15 is 0 Å². The molecule has 1 saturated heterocycles. The minimum absolute atomic E-state index is 0.0343. The van der Waals surface area contributed by atoms with Crippen LogP contribution < -0.4 is 20.3 Å². The van der Waals surface area contributed by atoms with Crippen molar-refractivity contribution in [2.45, 2.75) is 31.2 Å². The van der Waals surface area contributed by atoms with E-state index in [1.807, 2.05) is 18.7 Å². The molecule has 0 spiro atoms. The number of hydrogen-bond donors (Lipinski definition) is 3. The fraction of sp³-hybridized carbons (Fsp3) is 0.400. The monoisotopic (exact) mass is 435 g/mol. The Bertz CT molecular complexity index is 992. The first-order valence-corrected chi connectivity index (χ1v) is 11.3. The summed E-state index contributed by atoms with van der Waals surface area (Å²) < 4.78 is 40.8. The van der Waals surface area contributed by atoms with Crippen molar-refractivity contribution in [3.63, 3.8) is 0 Å². The molecule has 2 heterocycles. The molecule has 30 heavy (non-hydrogen) atoms. The van der Waals surface area contributed by atoms with Crippen molar-refractivity contribution in [3.8, 4) is 0 Å². The highest BCUT2D eigenvalue weighted by Crippen LogP contribution is 2.24. The summed E-state index contributed by atoms with van der Waals surface area (Å²) in [7, 11) is -3.95. The van der Waals surface area contributed by atoms with Gasteiger partial charge in [0.1, 0.15) is 11.6 Å². The quantitative estimate of drug-likeness (QED) is 0.614. The molecule has 1 fully saturated rings. The predicted octanol–water partition coefficient (Wildman–Crippen LogP) is 1.96. The van der Waals surface area contributed by atoms with Gasteiger partial charge in [-0.05, 0) is 43.7 Å². The molecule has 1 aromatic carbocycles. The summed E-state index contributed by atoms with van der Waals surface area (Å²) in [5.74, 6) is -0.324. The number of sulfonamides is 1. The lowest BCUT2D eigenvalue weighted by molar-refractivity contribution is 0.0939. The molecular formula is C20H26FN5O3S. The maximum Gasteiger partial charge on any atom is 0.261 e. The van der Waals surface area contributed by atoms with E-state index in [1.54, 1.807) is 0 Å². The predicted molar refractivity (Wildman–Crippen MR) is 114 cm³/mol. The highest BCUT2D eigenvalue weighted by molar-refractivity contribution is 7.92. The lowest BCUT2D eigenvalue weighted by Gasteiger charge is -2.30. The van der Waals surface area contributed by atoms with Gasteiger partial charge in [0.25, 0.3) is 15.9 Å². The molecule has 0 radical (unpaired) electrons. The third kappa shape index (κ3) is 5.25. The Morgan fingerprint density at radius 2 is 1.93 bits per heavy atom. The van der Waals surface area contributed by atoms with E-state index in [1.165, 1.54) is 24.4 Å². The lowest BCUT2D eigenvalue weighted by Crippen LogP contribution is -2.45. The number of anilines is 2. The average Bonchev–Trinajstić information content (AvgIpc) is 2.74. The topological polar surface area (TPSA) is 103 Å². The van der Waals surface area contributed by atoms with E-state index in [2.05, 4.69) is 20.3 Å². The summed E-state index contributed by atoms with van der Waals surface area (Å²) in [6.45, 7) is 6.79. The molecule has 1 aromatic heterocycles. The van der Waals surface area contributed by atoms with Gasteiger partial charge in [0.2, 0.25) is 0 Å². The van der Waals surface area contributed by atoms with Crippen LogP contribution in [0.1, 0.15) is 30.6 Å². The number of amides is 1. The lowest BCUT2D eigenvalue weighted by atomic mass is 10.1. The molecule has 0 aliphatic carbocycles. The van der Waals surface area contributed by atoms with Gasteiger partial charge in [-0.15, -0.1) is 0 Å². The molecule has 1 aliphatic heterocycles. The maximum atomic E-state index is 13.1. The largest absolute Gasteiger partial charge is 0.353 e. The van der Waals surface area contributed by atoms with E-state index in [9.17, 15) is 17.6 Å². The van der Waals surface area contributed by atoms with Crippen LogP contribution in [0, 0.1) is 5.82 Å². The van der Waals surface area contributed by atoms with Crippen LogP contribution in [0.15, 0.2) is 41.4 Å². The normalized spacial score (nSPS) is 15.5. The van der Waals surface area contributed by atoms with E-state index in [-0.39, 0.29) is 22.5 Å². The molecule has 162 valence electrons. The number of nitrogens with one attached hydrogen (secondary N) is 3. The van der Waals surface area contributed by atoms with E-state index in [4.69, 9.17) is 0 Å². The zero-order valence-corrected chi connectivity index (χ0v) is 17.8. The minimum Gasteiger partial charge on any atom is -0.353 e. The highest BCUT2D eigenvalue weighted by Gasteiger charge is 2.23. The van der Waals surface area contributed by atoms with Crippen molar-refractivity contribution in [2.24, 2.45) is 0 Å². The smallest absolute Gasteiger partial charge is 0.261 e. The third-order valence-corrected chi connectivity index (χ3v) is 6.29. The van der Waals surface area contributed by atoms with Crippen molar-refractivity contribution < 1.29 is 17.6 Å². The molecule has 2 aromatic rings. The third-order valence-electron chi connectivity index (χ3n) is 4.89. The Kier molecular flexibility index (Phi) is 6.88. The van der Waals surface area contributed by atoms with Crippen LogP contribution in [0.4, 0.5) is 15.9 Å². The number of piperazine rings is 1. The summed E-state index contributed by atoms with van der Waals surface area (Å²) in [6.07, 6.45) is 2.15. The van der Waals surface area contributed by atoms with Crippen LogP contribution in [-0.2, 0) is 10.0 Å². The van der Waals surface area contributed by atoms with Crippen molar-refractivity contribution in [1.29, 1.82) is 0 Å². The fourth-order valence-electron chi connectivity index (χ4n) is 3.04. The van der Waals surface area contributed by atoms with Crippen LogP contribution in [-0.4, -0.2) is 51.5 Å². The van der Waals surface area contributed by atoms with Crippen LogP contribution in [0.5, 0.6) is 0 Å². The molecule has 8 nitrogen and oxygen atoms in total. The zero-order chi connectivity index (χ0) is 21.7. The number of nitrogens with zero attached hydrogens (tertiary/aromatic N) is 2. The molecule has 0 saturated carbocycles. The molecule has 0 unspecified atom stereocenters. The summed E-state index contributed by atoms with van der Waals surface area (Å²) in [5.41, 5.74) is 0.462. The first kappa shape index (κ1) is 22.0. The van der Waals surface area contributed by atoms with Gasteiger partial charge in [-0.3, -0.25) is 9.52 Å². The number of carbonyl (C=O) groups excluding carboxylic acids is 1. The van der Waals surface area contributed by atoms with Crippen molar-refractivity contribution in [3.05, 3.63) is 47.9 Å². The van der Waals surface area contributed by atoms with Crippen molar-refractivity contribution in [2.75, 3.05) is 35.8 Å². The number of aromatic nitrogens is 1. The Morgan fingerprint density at radius 1 is 1.27 bits per heavy atom. The summed E-state index contributed by atoms with van der Waals surface area (Å²) >= 11 is 0. The zero-order valence-electron chi connectivity index (χ0n) is 17.0. The number of halogens is 1. The second-order valence-corrected chi connectivity index (χ2v) is 8.86. The highest BCUT2D eigenvalue weighted by atomic mass is 32.2. The van der Waals surface area contributed by atoms with Crippen molar-refractivity contribution in [1.82, 2.24) is 15.6 Å². The number of benzene rings is 1. The second-order valence-electron chi connectivity index (χ2n) is 7.17. The summed E-state index contributed by atoms with van der Waals surface area (Å²) in [5, 5.41) is 6.16. The van der Waals surface area contributed by atoms with E-state index in [0.717, 1.165) is 31.6 Å². The number of hydrogen-bond acceptors (Lipinski definition) is 6.